The molecule has 0 spiro atoms. The van der Waals surface area contributed by atoms with E-state index in [-0.39, 0.29) is 24.4 Å². The topological polar surface area (TPSA) is 88.2 Å². The van der Waals surface area contributed by atoms with Gasteiger partial charge in [0.15, 0.2) is 5.60 Å². The van der Waals surface area contributed by atoms with E-state index in [1.807, 2.05) is 87.5 Å². The van der Waals surface area contributed by atoms with Crippen LogP contribution in [0.25, 0.3) is 0 Å². The summed E-state index contributed by atoms with van der Waals surface area (Å²) in [5.74, 6) is -0.0184. The Morgan fingerprint density at radius 2 is 1.71 bits per heavy atom. The largest absolute Gasteiger partial charge is 0.391 e. The van der Waals surface area contributed by atoms with E-state index >= 15 is 0 Å². The fraction of sp³-hybridized carbons (Fsp3) is 0.393. The average Bonchev–Trinajstić information content (AvgIpc) is 3.59. The van der Waals surface area contributed by atoms with Crippen molar-refractivity contribution < 1.29 is 19.3 Å². The molecule has 5 rings (SSSR count). The maximum atomic E-state index is 13.8. The van der Waals surface area contributed by atoms with Crippen molar-refractivity contribution >= 4 is 11.6 Å². The molecule has 35 heavy (non-hydrogen) atoms. The average molecular weight is 474 g/mol. The molecule has 1 fully saturated rings. The molecular weight excluding hydrogens is 442 g/mol. The number of benzene rings is 2. The van der Waals surface area contributed by atoms with Gasteiger partial charge in [0.05, 0.1) is 23.6 Å². The van der Waals surface area contributed by atoms with Crippen molar-refractivity contribution in [3.8, 4) is 0 Å². The third-order valence-electron chi connectivity index (χ3n) is 7.06. The third-order valence-corrected chi connectivity index (χ3v) is 7.06. The molecule has 1 saturated heterocycles. The van der Waals surface area contributed by atoms with E-state index in [1.165, 1.54) is 0 Å². The number of likely N-dealkylation sites (tertiary alicyclic amines) is 1. The minimum absolute atomic E-state index is 0.00254. The minimum atomic E-state index is -0.778. The van der Waals surface area contributed by atoms with Crippen LogP contribution in [0.2, 0.25) is 0 Å². The van der Waals surface area contributed by atoms with E-state index in [0.29, 0.717) is 18.6 Å². The Bertz CT molecular complexity index is 1170. The predicted molar refractivity (Wildman–Crippen MR) is 132 cm³/mol. The number of aliphatic hydroxyl groups excluding tert-OH is 1. The zero-order chi connectivity index (χ0) is 24.6. The third kappa shape index (κ3) is 4.25. The van der Waals surface area contributed by atoms with Crippen LogP contribution in [0, 0.1) is 12.8 Å². The Labute approximate surface area is 205 Å². The summed E-state index contributed by atoms with van der Waals surface area (Å²) in [7, 11) is 0. The highest BCUT2D eigenvalue weighted by molar-refractivity contribution is 5.96. The second kappa shape index (κ2) is 9.30. The monoisotopic (exact) mass is 473 g/mol. The van der Waals surface area contributed by atoms with Crippen LogP contribution in [0.1, 0.15) is 55.2 Å². The van der Waals surface area contributed by atoms with E-state index in [9.17, 15) is 9.90 Å². The molecule has 1 amide bonds. The number of hydrogen-bond donors (Lipinski definition) is 1. The SMILES string of the molecule is Cc1cc(C(C(=O)N2CC(O)CC2C2=NOC(c3ccccc3)(c3ccccc3)C2)C(C)C)on1. The van der Waals surface area contributed by atoms with Crippen molar-refractivity contribution in [2.24, 2.45) is 11.1 Å². The zero-order valence-corrected chi connectivity index (χ0v) is 20.3. The molecule has 182 valence electrons. The molecule has 7 nitrogen and oxygen atoms in total. The first kappa shape index (κ1) is 23.3. The fourth-order valence-electron chi connectivity index (χ4n) is 5.34. The molecule has 1 aromatic heterocycles. The number of oxime groups is 1. The molecule has 1 N–H and O–H groups in total. The van der Waals surface area contributed by atoms with E-state index in [1.54, 1.807) is 4.90 Å². The molecule has 3 aromatic rings. The first-order chi connectivity index (χ1) is 16.9. The van der Waals surface area contributed by atoms with Crippen molar-refractivity contribution in [2.45, 2.75) is 57.3 Å². The van der Waals surface area contributed by atoms with E-state index in [4.69, 9.17) is 9.36 Å². The van der Waals surface area contributed by atoms with Crippen LogP contribution < -0.4 is 0 Å². The van der Waals surface area contributed by atoms with Crippen LogP contribution in [0.15, 0.2) is 76.4 Å². The number of amides is 1. The van der Waals surface area contributed by atoms with Gasteiger partial charge in [0, 0.05) is 36.6 Å². The van der Waals surface area contributed by atoms with Crippen molar-refractivity contribution in [3.05, 3.63) is 89.3 Å². The van der Waals surface area contributed by atoms with E-state index in [2.05, 4.69) is 10.3 Å². The van der Waals surface area contributed by atoms with Crippen molar-refractivity contribution in [1.82, 2.24) is 10.1 Å². The Morgan fingerprint density at radius 1 is 1.09 bits per heavy atom. The lowest BCUT2D eigenvalue weighted by molar-refractivity contribution is -0.134. The Hall–Kier alpha value is -3.45. The second-order valence-corrected chi connectivity index (χ2v) is 9.90. The summed E-state index contributed by atoms with van der Waals surface area (Å²) < 4.78 is 5.49. The van der Waals surface area contributed by atoms with Gasteiger partial charge in [-0.3, -0.25) is 4.79 Å². The summed E-state index contributed by atoms with van der Waals surface area (Å²) in [6, 6.07) is 21.5. The summed E-state index contributed by atoms with van der Waals surface area (Å²) in [6.07, 6.45) is 0.295. The molecule has 3 atom stereocenters. The maximum Gasteiger partial charge on any atom is 0.234 e. The fourth-order valence-corrected chi connectivity index (χ4v) is 5.34. The normalized spacial score (nSPS) is 22.2. The lowest BCUT2D eigenvalue weighted by Crippen LogP contribution is -2.44. The number of carbonyl (C=O) groups excluding carboxylic acids is 1. The summed E-state index contributed by atoms with van der Waals surface area (Å²) in [6.45, 7) is 6.08. The minimum Gasteiger partial charge on any atom is -0.391 e. The Kier molecular flexibility index (Phi) is 6.19. The molecule has 0 radical (unpaired) electrons. The van der Waals surface area contributed by atoms with Gasteiger partial charge >= 0.3 is 0 Å². The molecule has 0 saturated carbocycles. The Morgan fingerprint density at radius 3 is 2.26 bits per heavy atom. The predicted octanol–water partition coefficient (Wildman–Crippen LogP) is 4.40. The molecular formula is C28H31N3O4. The van der Waals surface area contributed by atoms with Gasteiger partial charge in [-0.05, 0) is 12.8 Å². The van der Waals surface area contributed by atoms with Gasteiger partial charge < -0.3 is 19.4 Å². The highest BCUT2D eigenvalue weighted by atomic mass is 16.7. The number of carbonyl (C=O) groups is 1. The molecule has 7 heteroatoms. The highest BCUT2D eigenvalue weighted by Crippen LogP contribution is 2.43. The molecule has 3 heterocycles. The lowest BCUT2D eigenvalue weighted by Gasteiger charge is -2.30. The number of rotatable bonds is 6. The van der Waals surface area contributed by atoms with E-state index < -0.39 is 17.6 Å². The van der Waals surface area contributed by atoms with Crippen LogP contribution in [0.3, 0.4) is 0 Å². The second-order valence-electron chi connectivity index (χ2n) is 9.90. The first-order valence-corrected chi connectivity index (χ1v) is 12.2. The van der Waals surface area contributed by atoms with Crippen LogP contribution >= 0.6 is 0 Å². The molecule has 3 unspecified atom stereocenters. The number of aliphatic hydroxyl groups is 1. The molecule has 2 aromatic carbocycles. The smallest absolute Gasteiger partial charge is 0.234 e. The Balaban J connectivity index is 1.46. The van der Waals surface area contributed by atoms with Gasteiger partial charge in [0.25, 0.3) is 0 Å². The van der Waals surface area contributed by atoms with Crippen molar-refractivity contribution in [3.63, 3.8) is 0 Å². The van der Waals surface area contributed by atoms with Gasteiger partial charge in [-0.2, -0.15) is 0 Å². The zero-order valence-electron chi connectivity index (χ0n) is 20.3. The van der Waals surface area contributed by atoms with E-state index in [0.717, 1.165) is 22.5 Å². The van der Waals surface area contributed by atoms with Gasteiger partial charge in [-0.15, -0.1) is 0 Å². The van der Waals surface area contributed by atoms with Crippen LogP contribution in [0.5, 0.6) is 0 Å². The molecule has 2 aliphatic heterocycles. The van der Waals surface area contributed by atoms with Crippen LogP contribution in [-0.2, 0) is 15.2 Å². The summed E-state index contributed by atoms with van der Waals surface area (Å²) >= 11 is 0. The molecule has 2 aliphatic rings. The summed E-state index contributed by atoms with van der Waals surface area (Å²) in [5, 5.41) is 19.1. The van der Waals surface area contributed by atoms with Gasteiger partial charge in [0.1, 0.15) is 11.7 Å². The highest BCUT2D eigenvalue weighted by Gasteiger charge is 2.49. The van der Waals surface area contributed by atoms with Gasteiger partial charge in [0.2, 0.25) is 5.91 Å². The lowest BCUT2D eigenvalue weighted by atomic mass is 9.81. The van der Waals surface area contributed by atoms with Gasteiger partial charge in [-0.1, -0.05) is 84.8 Å². The molecule has 0 aliphatic carbocycles. The summed E-state index contributed by atoms with van der Waals surface area (Å²) in [5.41, 5.74) is 2.72. The van der Waals surface area contributed by atoms with Crippen LogP contribution in [-0.4, -0.2) is 45.5 Å². The van der Waals surface area contributed by atoms with Crippen molar-refractivity contribution in [1.29, 1.82) is 0 Å². The number of hydrogen-bond acceptors (Lipinski definition) is 6. The quantitative estimate of drug-likeness (QED) is 0.573. The number of nitrogens with zero attached hydrogens (tertiary/aromatic N) is 3. The summed E-state index contributed by atoms with van der Waals surface area (Å²) in [4.78, 5) is 21.8. The standard InChI is InChI=1S/C28H31N3O4/c1-18(2)26(25-14-19(3)29-34-25)27(33)31-17-22(32)15-24(31)23-16-28(35-30-23,20-10-6-4-7-11-20)21-12-8-5-9-13-21/h4-14,18,22,24,26,32H,15-17H2,1-3H3. The van der Waals surface area contributed by atoms with Gasteiger partial charge in [-0.25, -0.2) is 0 Å². The van der Waals surface area contributed by atoms with Crippen LogP contribution in [0.4, 0.5) is 0 Å². The number of aryl methyl sites for hydroxylation is 1. The number of aromatic nitrogens is 1. The first-order valence-electron chi connectivity index (χ1n) is 12.2. The van der Waals surface area contributed by atoms with Crippen molar-refractivity contribution in [2.75, 3.05) is 6.54 Å². The maximum absolute atomic E-state index is 13.8. The molecule has 0 bridgehead atoms. The number of β-amino-alcohol motifs (C(OH)–C–C–N with tert-alkyl or cyclic N) is 1.